The molecule has 2 heteroatoms. The first kappa shape index (κ1) is 8.30. The zero-order chi connectivity index (χ0) is 9.26. The number of rotatable bonds is 2. The van der Waals surface area contributed by atoms with Crippen molar-refractivity contribution in [3.8, 4) is 5.75 Å². The first-order valence-electron chi connectivity index (χ1n) is 4.49. The molecule has 1 aromatic carbocycles. The molecule has 1 aliphatic heterocycles. The molecule has 1 unspecified atom stereocenters. The van der Waals surface area contributed by atoms with E-state index in [0.717, 1.165) is 18.5 Å². The molecule has 0 aliphatic carbocycles. The van der Waals surface area contributed by atoms with E-state index in [-0.39, 0.29) is 6.10 Å². The van der Waals surface area contributed by atoms with Gasteiger partial charge in [0, 0.05) is 12.8 Å². The van der Waals surface area contributed by atoms with E-state index in [4.69, 9.17) is 4.74 Å². The number of benzene rings is 1. The molecule has 1 aromatic rings. The molecule has 0 fully saturated rings. The number of carbonyl (C=O) groups is 1. The molecule has 13 heavy (non-hydrogen) atoms. The summed E-state index contributed by atoms with van der Waals surface area (Å²) in [5.41, 5.74) is 2.42. The summed E-state index contributed by atoms with van der Waals surface area (Å²) in [7, 11) is 0. The van der Waals surface area contributed by atoms with Crippen LogP contribution >= 0.6 is 0 Å². The van der Waals surface area contributed by atoms with Gasteiger partial charge in [-0.25, -0.2) is 0 Å². The van der Waals surface area contributed by atoms with E-state index in [0.29, 0.717) is 6.42 Å². The van der Waals surface area contributed by atoms with E-state index >= 15 is 0 Å². The van der Waals surface area contributed by atoms with Gasteiger partial charge in [0.05, 0.1) is 0 Å². The Morgan fingerprint density at radius 1 is 1.62 bits per heavy atom. The number of ether oxygens (including phenoxy) is 1. The number of hydrogen-bond acceptors (Lipinski definition) is 2. The van der Waals surface area contributed by atoms with Gasteiger partial charge in [0.15, 0.2) is 0 Å². The molecular weight excluding hydrogens is 164 g/mol. The highest BCUT2D eigenvalue weighted by atomic mass is 16.5. The molecule has 68 valence electrons. The maximum absolute atomic E-state index is 10.3. The fourth-order valence-electron chi connectivity index (χ4n) is 1.65. The highest BCUT2D eigenvalue weighted by Crippen LogP contribution is 2.30. The van der Waals surface area contributed by atoms with Crippen LogP contribution in [0.25, 0.3) is 0 Å². The Morgan fingerprint density at radius 2 is 2.46 bits per heavy atom. The van der Waals surface area contributed by atoms with Gasteiger partial charge in [0.2, 0.25) is 0 Å². The molecule has 1 heterocycles. The van der Waals surface area contributed by atoms with Crippen LogP contribution in [0, 0.1) is 6.92 Å². The zero-order valence-electron chi connectivity index (χ0n) is 7.62. The third-order valence-corrected chi connectivity index (χ3v) is 2.32. The summed E-state index contributed by atoms with van der Waals surface area (Å²) in [4.78, 5) is 10.3. The van der Waals surface area contributed by atoms with Crippen molar-refractivity contribution in [1.29, 1.82) is 0 Å². The lowest BCUT2D eigenvalue weighted by Crippen LogP contribution is -2.12. The Kier molecular flexibility index (Phi) is 2.05. The van der Waals surface area contributed by atoms with Gasteiger partial charge in [-0.2, -0.15) is 0 Å². The van der Waals surface area contributed by atoms with Gasteiger partial charge in [-0.05, 0) is 24.1 Å². The van der Waals surface area contributed by atoms with Crippen LogP contribution < -0.4 is 4.74 Å². The maximum atomic E-state index is 10.3. The largest absolute Gasteiger partial charge is 0.489 e. The van der Waals surface area contributed by atoms with Crippen molar-refractivity contribution in [2.24, 2.45) is 0 Å². The van der Waals surface area contributed by atoms with Crippen molar-refractivity contribution in [3.05, 3.63) is 29.3 Å². The van der Waals surface area contributed by atoms with E-state index < -0.39 is 0 Å². The van der Waals surface area contributed by atoms with Gasteiger partial charge in [-0.15, -0.1) is 0 Å². The predicted octanol–water partition coefficient (Wildman–Crippen LogP) is 1.89. The van der Waals surface area contributed by atoms with Crippen LogP contribution in [0.2, 0.25) is 0 Å². The Bertz CT molecular complexity index is 331. The smallest absolute Gasteiger partial charge is 0.123 e. The van der Waals surface area contributed by atoms with E-state index in [1.54, 1.807) is 0 Å². The van der Waals surface area contributed by atoms with Crippen molar-refractivity contribution >= 4 is 6.29 Å². The molecular formula is C11H12O2. The quantitative estimate of drug-likeness (QED) is 0.643. The van der Waals surface area contributed by atoms with Crippen LogP contribution in [-0.4, -0.2) is 12.4 Å². The van der Waals surface area contributed by atoms with Crippen molar-refractivity contribution in [2.75, 3.05) is 0 Å². The summed E-state index contributed by atoms with van der Waals surface area (Å²) in [6.07, 6.45) is 2.35. The monoisotopic (exact) mass is 176 g/mol. The third kappa shape index (κ3) is 1.57. The first-order valence-corrected chi connectivity index (χ1v) is 4.49. The Hall–Kier alpha value is -1.31. The van der Waals surface area contributed by atoms with Gasteiger partial charge < -0.3 is 9.53 Å². The lowest BCUT2D eigenvalue weighted by atomic mass is 10.1. The minimum Gasteiger partial charge on any atom is -0.489 e. The number of hydrogen-bond donors (Lipinski definition) is 0. The van der Waals surface area contributed by atoms with Crippen molar-refractivity contribution < 1.29 is 9.53 Å². The lowest BCUT2D eigenvalue weighted by Gasteiger charge is -2.05. The summed E-state index contributed by atoms with van der Waals surface area (Å²) in [5, 5.41) is 0. The first-order chi connectivity index (χ1) is 6.29. The Labute approximate surface area is 77.5 Å². The zero-order valence-corrected chi connectivity index (χ0v) is 7.62. The second-order valence-electron chi connectivity index (χ2n) is 3.46. The van der Waals surface area contributed by atoms with Crippen LogP contribution in [0.3, 0.4) is 0 Å². The van der Waals surface area contributed by atoms with Crippen LogP contribution in [-0.2, 0) is 11.2 Å². The number of aldehydes is 1. The summed E-state index contributed by atoms with van der Waals surface area (Å²) < 4.78 is 5.60. The van der Waals surface area contributed by atoms with Gasteiger partial charge in [0.25, 0.3) is 0 Å². The van der Waals surface area contributed by atoms with Gasteiger partial charge in [0.1, 0.15) is 18.1 Å². The predicted molar refractivity (Wildman–Crippen MR) is 50.0 cm³/mol. The van der Waals surface area contributed by atoms with Gasteiger partial charge in [-0.3, -0.25) is 0 Å². The summed E-state index contributed by atoms with van der Waals surface area (Å²) in [6, 6.07) is 6.18. The standard InChI is InChI=1S/C11H12O2/c1-8-2-3-9-7-10(4-5-12)13-11(9)6-8/h2-3,5-6,10H,4,7H2,1H3. The molecule has 0 amide bonds. The Balaban J connectivity index is 2.20. The summed E-state index contributed by atoms with van der Waals surface area (Å²) in [5.74, 6) is 0.951. The minimum absolute atomic E-state index is 0.0642. The summed E-state index contributed by atoms with van der Waals surface area (Å²) in [6.45, 7) is 2.04. The summed E-state index contributed by atoms with van der Waals surface area (Å²) >= 11 is 0. The van der Waals surface area contributed by atoms with Gasteiger partial charge >= 0.3 is 0 Å². The van der Waals surface area contributed by atoms with E-state index in [1.807, 2.05) is 13.0 Å². The fourth-order valence-corrected chi connectivity index (χ4v) is 1.65. The van der Waals surface area contributed by atoms with Gasteiger partial charge in [-0.1, -0.05) is 12.1 Å². The number of fused-ring (bicyclic) bond motifs is 1. The molecule has 0 N–H and O–H groups in total. The molecule has 2 rings (SSSR count). The van der Waals surface area contributed by atoms with Crippen LogP contribution in [0.1, 0.15) is 17.5 Å². The third-order valence-electron chi connectivity index (χ3n) is 2.32. The molecule has 0 saturated carbocycles. The van der Waals surface area contributed by atoms with E-state index in [1.165, 1.54) is 11.1 Å². The molecule has 0 aromatic heterocycles. The second-order valence-corrected chi connectivity index (χ2v) is 3.46. The maximum Gasteiger partial charge on any atom is 0.123 e. The normalized spacial score (nSPS) is 19.3. The highest BCUT2D eigenvalue weighted by molar-refractivity contribution is 5.52. The Morgan fingerprint density at radius 3 is 3.23 bits per heavy atom. The number of carbonyl (C=O) groups excluding carboxylic acids is 1. The van der Waals surface area contributed by atoms with Crippen molar-refractivity contribution in [1.82, 2.24) is 0 Å². The van der Waals surface area contributed by atoms with Crippen molar-refractivity contribution in [3.63, 3.8) is 0 Å². The molecule has 0 bridgehead atoms. The SMILES string of the molecule is Cc1ccc2c(c1)OC(CC=O)C2. The molecule has 0 saturated heterocycles. The highest BCUT2D eigenvalue weighted by Gasteiger charge is 2.21. The second kappa shape index (κ2) is 3.21. The van der Waals surface area contributed by atoms with E-state index in [9.17, 15) is 4.79 Å². The number of aryl methyl sites for hydroxylation is 1. The van der Waals surface area contributed by atoms with Crippen LogP contribution in [0.4, 0.5) is 0 Å². The lowest BCUT2D eigenvalue weighted by molar-refractivity contribution is -0.109. The minimum atomic E-state index is 0.0642. The van der Waals surface area contributed by atoms with E-state index in [2.05, 4.69) is 12.1 Å². The molecule has 0 radical (unpaired) electrons. The molecule has 1 atom stereocenters. The molecule has 0 spiro atoms. The topological polar surface area (TPSA) is 26.3 Å². The average Bonchev–Trinajstić information content (AvgIpc) is 2.46. The average molecular weight is 176 g/mol. The molecule has 1 aliphatic rings. The molecule has 2 nitrogen and oxygen atoms in total. The van der Waals surface area contributed by atoms with Crippen LogP contribution in [0.5, 0.6) is 5.75 Å². The van der Waals surface area contributed by atoms with Crippen molar-refractivity contribution in [2.45, 2.75) is 25.9 Å². The van der Waals surface area contributed by atoms with Crippen LogP contribution in [0.15, 0.2) is 18.2 Å². The fraction of sp³-hybridized carbons (Fsp3) is 0.364.